The third kappa shape index (κ3) is 4.16. The Morgan fingerprint density at radius 1 is 1.12 bits per heavy atom. The maximum Gasteiger partial charge on any atom is 0.227 e. The molecule has 2 aliphatic rings. The maximum absolute atomic E-state index is 11.4. The van der Waals surface area contributed by atoms with Gasteiger partial charge in [0.25, 0.3) is 0 Å². The van der Waals surface area contributed by atoms with E-state index in [-0.39, 0.29) is 11.8 Å². The molecule has 3 heterocycles. The zero-order valence-electron chi connectivity index (χ0n) is 19.3. The minimum absolute atomic E-state index is 0.315. The molecule has 3 atom stereocenters. The minimum Gasteiger partial charge on any atom is -0.369 e. The molecule has 1 aromatic heterocycles. The van der Waals surface area contributed by atoms with Crippen LogP contribution in [0, 0.1) is 6.92 Å². The van der Waals surface area contributed by atoms with Crippen molar-refractivity contribution in [1.82, 2.24) is 14.9 Å². The van der Waals surface area contributed by atoms with Gasteiger partial charge in [-0.05, 0) is 62.7 Å². The van der Waals surface area contributed by atoms with Gasteiger partial charge in [0, 0.05) is 48.3 Å². The van der Waals surface area contributed by atoms with Crippen LogP contribution in [0.15, 0.2) is 54.7 Å². The molecule has 2 saturated heterocycles. The van der Waals surface area contributed by atoms with Crippen LogP contribution in [0.2, 0.25) is 0 Å². The molecule has 1 unspecified atom stereocenters. The first-order valence-corrected chi connectivity index (χ1v) is 11.5. The second-order valence-electron chi connectivity index (χ2n) is 9.27. The number of nitrogens with two attached hydrogens (primary N) is 1. The van der Waals surface area contributed by atoms with Gasteiger partial charge in [0.15, 0.2) is 0 Å². The summed E-state index contributed by atoms with van der Waals surface area (Å²) in [6.45, 7) is 6.23. The summed E-state index contributed by atoms with van der Waals surface area (Å²) in [7, 11) is 2.23. The van der Waals surface area contributed by atoms with E-state index in [0.717, 1.165) is 35.6 Å². The molecular formula is C26H30N6O. The number of fused-ring (bicyclic) bond motifs is 2. The van der Waals surface area contributed by atoms with Crippen LogP contribution in [0.5, 0.6) is 0 Å². The maximum atomic E-state index is 11.4. The number of primary amides is 1. The van der Waals surface area contributed by atoms with Gasteiger partial charge in [0.1, 0.15) is 0 Å². The normalized spacial score (nSPS) is 20.8. The van der Waals surface area contributed by atoms with Crippen molar-refractivity contribution in [2.75, 3.05) is 30.4 Å². The molecule has 0 radical (unpaired) electrons. The number of nitrogens with zero attached hydrogens (tertiary/aromatic N) is 4. The first-order chi connectivity index (χ1) is 15.9. The molecule has 7 nitrogen and oxygen atoms in total. The second kappa shape index (κ2) is 8.48. The average Bonchev–Trinajstić information content (AvgIpc) is 3.38. The minimum atomic E-state index is -0.331. The van der Waals surface area contributed by atoms with Crippen LogP contribution in [-0.4, -0.2) is 53.0 Å². The lowest BCUT2D eigenvalue weighted by Gasteiger charge is -2.34. The Morgan fingerprint density at radius 2 is 1.91 bits per heavy atom. The zero-order chi connectivity index (χ0) is 23.1. The molecule has 7 heteroatoms. The lowest BCUT2D eigenvalue weighted by Crippen LogP contribution is -2.44. The lowest BCUT2D eigenvalue weighted by atomic mass is 9.98. The van der Waals surface area contributed by atoms with Crippen molar-refractivity contribution < 1.29 is 4.79 Å². The van der Waals surface area contributed by atoms with E-state index < -0.39 is 0 Å². The Balaban J connectivity index is 1.31. The van der Waals surface area contributed by atoms with Crippen molar-refractivity contribution in [3.05, 3.63) is 65.9 Å². The number of hydrogen-bond acceptors (Lipinski definition) is 6. The first-order valence-electron chi connectivity index (χ1n) is 11.5. The number of carbonyl (C=O) groups is 1. The third-order valence-electron chi connectivity index (χ3n) is 7.07. The molecule has 0 saturated carbocycles. The number of carbonyl (C=O) groups excluding carboxylic acids is 1. The number of aryl methyl sites for hydroxylation is 1. The number of piperazine rings is 1. The van der Waals surface area contributed by atoms with E-state index in [9.17, 15) is 4.79 Å². The number of amides is 1. The Morgan fingerprint density at radius 3 is 2.55 bits per heavy atom. The van der Waals surface area contributed by atoms with Gasteiger partial charge in [-0.3, -0.25) is 9.69 Å². The molecule has 3 aromatic rings. The summed E-state index contributed by atoms with van der Waals surface area (Å²) < 4.78 is 0. The van der Waals surface area contributed by atoms with Gasteiger partial charge in [0.2, 0.25) is 11.9 Å². The molecule has 33 heavy (non-hydrogen) atoms. The van der Waals surface area contributed by atoms with Crippen LogP contribution in [-0.2, 0) is 4.79 Å². The van der Waals surface area contributed by atoms with Crippen LogP contribution in [0.4, 0.5) is 17.3 Å². The third-order valence-corrected chi connectivity index (χ3v) is 7.07. The van der Waals surface area contributed by atoms with Crippen molar-refractivity contribution >= 4 is 23.2 Å². The number of hydrogen-bond donors (Lipinski definition) is 2. The number of aromatic nitrogens is 2. The number of rotatable bonds is 6. The number of benzene rings is 2. The number of anilines is 3. The SMILES string of the molecule is Cc1cc(Nc2nccc(-c3ccc(C(C)C(N)=O)cc3)n2)ccc1N1C[C@@H]2C[C@H]1CN2C. The van der Waals surface area contributed by atoms with E-state index in [0.29, 0.717) is 18.0 Å². The van der Waals surface area contributed by atoms with Gasteiger partial charge >= 0.3 is 0 Å². The van der Waals surface area contributed by atoms with Gasteiger partial charge in [0.05, 0.1) is 11.6 Å². The Bertz CT molecular complexity index is 1180. The van der Waals surface area contributed by atoms with E-state index in [1.807, 2.05) is 37.3 Å². The Labute approximate surface area is 194 Å². The Kier molecular flexibility index (Phi) is 5.50. The fraction of sp³-hybridized carbons (Fsp3) is 0.346. The summed E-state index contributed by atoms with van der Waals surface area (Å²) in [5, 5.41) is 3.35. The molecule has 2 fully saturated rings. The lowest BCUT2D eigenvalue weighted by molar-refractivity contribution is -0.119. The molecule has 0 spiro atoms. The summed E-state index contributed by atoms with van der Waals surface area (Å²) in [6.07, 6.45) is 3.02. The van der Waals surface area contributed by atoms with Crippen LogP contribution in [0.1, 0.15) is 30.4 Å². The molecule has 2 bridgehead atoms. The van der Waals surface area contributed by atoms with Crippen LogP contribution >= 0.6 is 0 Å². The second-order valence-corrected chi connectivity index (χ2v) is 9.27. The van der Waals surface area contributed by atoms with E-state index in [4.69, 9.17) is 5.73 Å². The molecule has 170 valence electrons. The summed E-state index contributed by atoms with van der Waals surface area (Å²) in [5.74, 6) is -0.0947. The smallest absolute Gasteiger partial charge is 0.227 e. The number of likely N-dealkylation sites (N-methyl/N-ethyl adjacent to an activating group) is 1. The first kappa shape index (κ1) is 21.4. The molecule has 3 N–H and O–H groups in total. The average molecular weight is 443 g/mol. The summed E-state index contributed by atoms with van der Waals surface area (Å²) in [5.41, 5.74) is 11.6. The monoisotopic (exact) mass is 442 g/mol. The topological polar surface area (TPSA) is 87.4 Å². The highest BCUT2D eigenvalue weighted by Crippen LogP contribution is 2.36. The van der Waals surface area contributed by atoms with E-state index in [2.05, 4.69) is 57.3 Å². The highest BCUT2D eigenvalue weighted by molar-refractivity contribution is 5.81. The largest absolute Gasteiger partial charge is 0.369 e. The summed E-state index contributed by atoms with van der Waals surface area (Å²) in [4.78, 5) is 25.5. The highest BCUT2D eigenvalue weighted by atomic mass is 16.1. The number of nitrogens with one attached hydrogen (secondary N) is 1. The van der Waals surface area contributed by atoms with E-state index >= 15 is 0 Å². The molecule has 2 aromatic carbocycles. The molecule has 1 amide bonds. The van der Waals surface area contributed by atoms with Crippen molar-refractivity contribution in [3.8, 4) is 11.3 Å². The van der Waals surface area contributed by atoms with E-state index in [1.165, 1.54) is 17.7 Å². The fourth-order valence-corrected chi connectivity index (χ4v) is 5.03. The van der Waals surface area contributed by atoms with Gasteiger partial charge < -0.3 is 16.0 Å². The summed E-state index contributed by atoms with van der Waals surface area (Å²) in [6, 6.07) is 17.4. The molecule has 2 aliphatic heterocycles. The standard InChI is InChI=1S/C26H30N6O/c1-16-12-20(8-9-24(16)32-15-21-13-22(32)14-31(21)3)29-26-28-11-10-23(30-26)19-6-4-18(5-7-19)17(2)25(27)33/h4-12,17,21-22H,13-15H2,1-3H3,(H2,27,33)(H,28,29,30)/t17?,21-,22-/m0/s1. The number of likely N-dealkylation sites (tertiary alicyclic amines) is 1. The van der Waals surface area contributed by atoms with Gasteiger partial charge in [-0.25, -0.2) is 9.97 Å². The van der Waals surface area contributed by atoms with Gasteiger partial charge in [-0.15, -0.1) is 0 Å². The van der Waals surface area contributed by atoms with Gasteiger partial charge in [-0.1, -0.05) is 24.3 Å². The highest BCUT2D eigenvalue weighted by Gasteiger charge is 2.41. The fourth-order valence-electron chi connectivity index (χ4n) is 5.03. The van der Waals surface area contributed by atoms with Crippen molar-refractivity contribution in [2.45, 2.75) is 38.3 Å². The molecule has 5 rings (SSSR count). The molecular weight excluding hydrogens is 412 g/mol. The van der Waals surface area contributed by atoms with Crippen molar-refractivity contribution in [2.24, 2.45) is 5.73 Å². The Hall–Kier alpha value is -3.45. The van der Waals surface area contributed by atoms with Crippen LogP contribution in [0.25, 0.3) is 11.3 Å². The van der Waals surface area contributed by atoms with Crippen molar-refractivity contribution in [3.63, 3.8) is 0 Å². The van der Waals surface area contributed by atoms with Crippen molar-refractivity contribution in [1.29, 1.82) is 0 Å². The quantitative estimate of drug-likeness (QED) is 0.606. The van der Waals surface area contributed by atoms with Crippen LogP contribution in [0.3, 0.4) is 0 Å². The molecule has 0 aliphatic carbocycles. The van der Waals surface area contributed by atoms with Gasteiger partial charge in [-0.2, -0.15) is 0 Å². The van der Waals surface area contributed by atoms with E-state index in [1.54, 1.807) is 6.20 Å². The summed E-state index contributed by atoms with van der Waals surface area (Å²) >= 11 is 0. The zero-order valence-corrected chi connectivity index (χ0v) is 19.3. The predicted molar refractivity (Wildman–Crippen MR) is 132 cm³/mol. The van der Waals surface area contributed by atoms with Crippen LogP contribution < -0.4 is 16.0 Å². The predicted octanol–water partition coefficient (Wildman–Crippen LogP) is 3.68.